The third-order valence-electron chi connectivity index (χ3n) is 6.88. The van der Waals surface area contributed by atoms with Crippen LogP contribution in [-0.2, 0) is 6.61 Å². The Hall–Kier alpha value is -5.36. The molecule has 0 fully saturated rings. The van der Waals surface area contributed by atoms with E-state index in [1.807, 2.05) is 86.6 Å². The fourth-order valence-electron chi connectivity index (χ4n) is 4.45. The van der Waals surface area contributed by atoms with Gasteiger partial charge < -0.3 is 19.3 Å². The zero-order chi connectivity index (χ0) is 30.8. The molecule has 0 aromatic heterocycles. The first-order chi connectivity index (χ1) is 20.8. The second kappa shape index (κ2) is 14.5. The lowest BCUT2D eigenvalue weighted by atomic mass is 9.99. The Labute approximate surface area is 252 Å². The van der Waals surface area contributed by atoms with Crippen LogP contribution in [0, 0.1) is 13.8 Å². The first-order valence-corrected chi connectivity index (χ1v) is 13.7. The number of ether oxygens (including phenoxy) is 3. The number of phenolic OH excluding ortho intramolecular Hbond substituents is 1. The van der Waals surface area contributed by atoms with E-state index in [-0.39, 0.29) is 17.3 Å². The minimum atomic E-state index is -0.0774. The molecular weight excluding hydrogens is 540 g/mol. The lowest BCUT2D eigenvalue weighted by molar-refractivity contribution is 0.103. The first-order valence-electron chi connectivity index (χ1n) is 13.7. The molecule has 0 aliphatic heterocycles. The summed E-state index contributed by atoms with van der Waals surface area (Å²) in [4.78, 5) is 25.0. The van der Waals surface area contributed by atoms with E-state index < -0.39 is 0 Å². The van der Waals surface area contributed by atoms with Gasteiger partial charge in [-0.25, -0.2) is 0 Å². The van der Waals surface area contributed by atoms with Gasteiger partial charge in [0.25, 0.3) is 0 Å². The molecule has 0 aliphatic carbocycles. The van der Waals surface area contributed by atoms with Crippen molar-refractivity contribution in [1.82, 2.24) is 0 Å². The number of ketones is 2. The van der Waals surface area contributed by atoms with Crippen LogP contribution in [-0.4, -0.2) is 30.9 Å². The summed E-state index contributed by atoms with van der Waals surface area (Å²) < 4.78 is 16.3. The van der Waals surface area contributed by atoms with Crippen LogP contribution in [0.2, 0.25) is 0 Å². The smallest absolute Gasteiger partial charge is 0.193 e. The van der Waals surface area contributed by atoms with E-state index in [4.69, 9.17) is 14.2 Å². The van der Waals surface area contributed by atoms with E-state index in [0.29, 0.717) is 46.1 Å². The normalized spacial score (nSPS) is 10.2. The second-order valence-electron chi connectivity index (χ2n) is 9.81. The van der Waals surface area contributed by atoms with E-state index in [9.17, 15) is 14.7 Å². The number of hydrogen-bond donors (Lipinski definition) is 1. The topological polar surface area (TPSA) is 82.1 Å². The van der Waals surface area contributed by atoms with Crippen molar-refractivity contribution in [2.45, 2.75) is 20.5 Å². The van der Waals surface area contributed by atoms with Crippen molar-refractivity contribution in [3.8, 4) is 23.0 Å². The van der Waals surface area contributed by atoms with E-state index >= 15 is 0 Å². The van der Waals surface area contributed by atoms with Crippen LogP contribution in [0.15, 0.2) is 115 Å². The number of aryl methyl sites for hydroxylation is 2. The summed E-state index contributed by atoms with van der Waals surface area (Å²) in [5.41, 5.74) is 5.39. The highest BCUT2D eigenvalue weighted by Crippen LogP contribution is 2.30. The predicted octanol–water partition coefficient (Wildman–Crippen LogP) is 7.75. The van der Waals surface area contributed by atoms with Crippen LogP contribution in [0.3, 0.4) is 0 Å². The van der Waals surface area contributed by atoms with Crippen LogP contribution >= 0.6 is 0 Å². The zero-order valence-corrected chi connectivity index (χ0v) is 24.7. The quantitative estimate of drug-likeness (QED) is 0.181. The van der Waals surface area contributed by atoms with Crippen molar-refractivity contribution >= 4 is 11.6 Å². The molecule has 6 nitrogen and oxygen atoms in total. The summed E-state index contributed by atoms with van der Waals surface area (Å²) in [6.45, 7) is 4.27. The molecule has 0 aliphatic rings. The molecule has 0 bridgehead atoms. The van der Waals surface area contributed by atoms with Crippen molar-refractivity contribution in [2.75, 3.05) is 14.2 Å². The lowest BCUT2D eigenvalue weighted by Crippen LogP contribution is -2.05. The Morgan fingerprint density at radius 2 is 1.07 bits per heavy atom. The third-order valence-corrected chi connectivity index (χ3v) is 6.88. The predicted molar refractivity (Wildman–Crippen MR) is 168 cm³/mol. The fourth-order valence-corrected chi connectivity index (χ4v) is 4.45. The maximum Gasteiger partial charge on any atom is 0.193 e. The number of aromatic hydroxyl groups is 1. The van der Waals surface area contributed by atoms with Gasteiger partial charge in [0.15, 0.2) is 34.6 Å². The van der Waals surface area contributed by atoms with Crippen LogP contribution < -0.4 is 14.2 Å². The van der Waals surface area contributed by atoms with Gasteiger partial charge >= 0.3 is 0 Å². The van der Waals surface area contributed by atoms with Gasteiger partial charge in [0.05, 0.1) is 14.2 Å². The van der Waals surface area contributed by atoms with Crippen LogP contribution in [0.25, 0.3) is 0 Å². The number of carbonyl (C=O) groups is 2. The average molecular weight is 575 g/mol. The summed E-state index contributed by atoms with van der Waals surface area (Å²) in [6.07, 6.45) is 0. The maximum absolute atomic E-state index is 12.7. The molecule has 0 saturated carbocycles. The van der Waals surface area contributed by atoms with Crippen molar-refractivity contribution < 1.29 is 28.9 Å². The van der Waals surface area contributed by atoms with Gasteiger partial charge in [-0.3, -0.25) is 9.59 Å². The maximum atomic E-state index is 12.7. The molecule has 43 heavy (non-hydrogen) atoms. The molecule has 0 atom stereocenters. The summed E-state index contributed by atoms with van der Waals surface area (Å²) in [7, 11) is 3.03. The Kier molecular flexibility index (Phi) is 10.3. The van der Waals surface area contributed by atoms with Crippen molar-refractivity contribution in [1.29, 1.82) is 0 Å². The van der Waals surface area contributed by atoms with Crippen LogP contribution in [0.5, 0.6) is 23.0 Å². The van der Waals surface area contributed by atoms with Gasteiger partial charge in [-0.05, 0) is 66.9 Å². The van der Waals surface area contributed by atoms with E-state index in [2.05, 4.69) is 0 Å². The standard InChI is InChI=1S/C22H20O3.C15H14O3/c1-16-8-6-7-11-19(16)22(23)18-12-13-20(21(14-18)24-2)25-15-17-9-4-3-5-10-17;1-10-5-3-4-6-12(10)15(17)11-7-8-13(16)14(9-11)18-2/h3-14H,15H2,1-2H3;3-9,16H,1-2H3. The highest BCUT2D eigenvalue weighted by molar-refractivity contribution is 6.10. The second-order valence-corrected chi connectivity index (χ2v) is 9.81. The SMILES string of the molecule is COc1cc(C(=O)c2ccccc2C)ccc1O.COc1cc(C(=O)c2ccccc2C)ccc1OCc1ccccc1. The zero-order valence-electron chi connectivity index (χ0n) is 24.7. The Bertz CT molecular complexity index is 1710. The Balaban J connectivity index is 0.000000208. The minimum absolute atomic E-state index is 0.0222. The molecule has 5 aromatic carbocycles. The van der Waals surface area contributed by atoms with Gasteiger partial charge in [-0.1, -0.05) is 78.9 Å². The molecule has 1 N–H and O–H groups in total. The van der Waals surface area contributed by atoms with Crippen molar-refractivity contribution in [3.05, 3.63) is 154 Å². The van der Waals surface area contributed by atoms with E-state index in [1.54, 1.807) is 43.5 Å². The number of methoxy groups -OCH3 is 2. The van der Waals surface area contributed by atoms with Gasteiger partial charge in [-0.2, -0.15) is 0 Å². The molecule has 5 aromatic rings. The summed E-state index contributed by atoms with van der Waals surface area (Å²) >= 11 is 0. The highest BCUT2D eigenvalue weighted by Gasteiger charge is 2.15. The van der Waals surface area contributed by atoms with Crippen molar-refractivity contribution in [2.24, 2.45) is 0 Å². The molecular formula is C37H34O6. The Morgan fingerprint density at radius 1 is 0.581 bits per heavy atom. The van der Waals surface area contributed by atoms with E-state index in [1.165, 1.54) is 13.2 Å². The molecule has 0 amide bonds. The summed E-state index contributed by atoms with van der Waals surface area (Å²) in [5.74, 6) is 1.40. The lowest BCUT2D eigenvalue weighted by Gasteiger charge is -2.12. The number of carbonyl (C=O) groups excluding carboxylic acids is 2. The third kappa shape index (κ3) is 7.68. The summed E-state index contributed by atoms with van der Waals surface area (Å²) in [6, 6.07) is 34.8. The number of rotatable bonds is 9. The Morgan fingerprint density at radius 3 is 1.60 bits per heavy atom. The molecule has 0 radical (unpaired) electrons. The van der Waals surface area contributed by atoms with Gasteiger partial charge in [-0.15, -0.1) is 0 Å². The van der Waals surface area contributed by atoms with Gasteiger partial charge in [0.1, 0.15) is 6.61 Å². The average Bonchev–Trinajstić information content (AvgIpc) is 3.04. The molecule has 218 valence electrons. The molecule has 0 unspecified atom stereocenters. The number of phenols is 1. The highest BCUT2D eigenvalue weighted by atomic mass is 16.5. The first kappa shape index (κ1) is 30.6. The van der Waals surface area contributed by atoms with Gasteiger partial charge in [0.2, 0.25) is 0 Å². The molecule has 0 saturated heterocycles. The monoisotopic (exact) mass is 574 g/mol. The number of hydrogen-bond acceptors (Lipinski definition) is 6. The fraction of sp³-hybridized carbons (Fsp3) is 0.135. The minimum Gasteiger partial charge on any atom is -0.504 e. The molecule has 5 rings (SSSR count). The van der Waals surface area contributed by atoms with Crippen LogP contribution in [0.4, 0.5) is 0 Å². The van der Waals surface area contributed by atoms with Crippen molar-refractivity contribution in [3.63, 3.8) is 0 Å². The number of benzene rings is 5. The largest absolute Gasteiger partial charge is 0.504 e. The van der Waals surface area contributed by atoms with E-state index in [0.717, 1.165) is 16.7 Å². The van der Waals surface area contributed by atoms with Gasteiger partial charge in [0, 0.05) is 22.3 Å². The molecule has 6 heteroatoms. The summed E-state index contributed by atoms with van der Waals surface area (Å²) in [5, 5.41) is 9.51. The van der Waals surface area contributed by atoms with Crippen LogP contribution in [0.1, 0.15) is 48.5 Å². The molecule has 0 spiro atoms. The molecule has 0 heterocycles.